The largest absolute Gasteiger partial charge is 0.416 e. The maximum atomic E-state index is 13.3. The standard InChI is InChI=1S/C26H19F3N4O4/c1-13(18-4-2-3-11-30-18)31-22(34)14-5-10-19-17(12-14)20-21(24(36)32-23(20)35)25(37)33(19)16-8-6-15(7-9-16)26(27,28)29/h2-13,20-21H,1H3,(H,31,34)(H,32,35,36)/t13-,20?,21?/m0/s1. The molecule has 3 atom stereocenters. The molecule has 0 saturated carbocycles. The normalized spacial score (nSPS) is 19.7. The first-order chi connectivity index (χ1) is 17.6. The molecule has 0 radical (unpaired) electrons. The number of imide groups is 1. The molecule has 2 aromatic carbocycles. The van der Waals surface area contributed by atoms with Gasteiger partial charge in [-0.1, -0.05) is 6.07 Å². The molecular formula is C26H19F3N4O4. The molecule has 2 aliphatic rings. The third-order valence-electron chi connectivity index (χ3n) is 6.43. The number of hydrogen-bond donors (Lipinski definition) is 2. The number of anilines is 2. The second-order valence-corrected chi connectivity index (χ2v) is 8.75. The van der Waals surface area contributed by atoms with E-state index < -0.39 is 53.2 Å². The fraction of sp³-hybridized carbons (Fsp3) is 0.192. The summed E-state index contributed by atoms with van der Waals surface area (Å²) in [6, 6.07) is 13.1. The van der Waals surface area contributed by atoms with Crippen molar-refractivity contribution in [1.29, 1.82) is 0 Å². The van der Waals surface area contributed by atoms with Gasteiger partial charge in [-0.25, -0.2) is 0 Å². The zero-order valence-corrected chi connectivity index (χ0v) is 19.2. The number of alkyl halides is 3. The third kappa shape index (κ3) is 4.22. The summed E-state index contributed by atoms with van der Waals surface area (Å²) in [4.78, 5) is 56.8. The average molecular weight is 508 g/mol. The molecule has 5 rings (SSSR count). The fourth-order valence-corrected chi connectivity index (χ4v) is 4.61. The first kappa shape index (κ1) is 24.2. The first-order valence-electron chi connectivity index (χ1n) is 11.3. The number of halogens is 3. The lowest BCUT2D eigenvalue weighted by Gasteiger charge is -2.34. The number of pyridine rings is 1. The Bertz CT molecular complexity index is 1420. The molecule has 1 fully saturated rings. The number of amides is 4. The van der Waals surface area contributed by atoms with Crippen LogP contribution in [0.25, 0.3) is 0 Å². The molecule has 0 bridgehead atoms. The topological polar surface area (TPSA) is 108 Å². The van der Waals surface area contributed by atoms with Crippen LogP contribution in [0.5, 0.6) is 0 Å². The highest BCUT2D eigenvalue weighted by Crippen LogP contribution is 2.46. The van der Waals surface area contributed by atoms with Crippen molar-refractivity contribution in [3.8, 4) is 0 Å². The zero-order chi connectivity index (χ0) is 26.5. The molecule has 0 aliphatic carbocycles. The van der Waals surface area contributed by atoms with E-state index in [1.807, 2.05) is 0 Å². The van der Waals surface area contributed by atoms with Crippen LogP contribution in [0.1, 0.15) is 46.1 Å². The predicted molar refractivity (Wildman–Crippen MR) is 125 cm³/mol. The van der Waals surface area contributed by atoms with Crippen molar-refractivity contribution in [2.45, 2.75) is 25.1 Å². The van der Waals surface area contributed by atoms with Crippen molar-refractivity contribution in [3.05, 3.63) is 89.2 Å². The van der Waals surface area contributed by atoms with Crippen molar-refractivity contribution in [2.24, 2.45) is 5.92 Å². The number of hydrogen-bond acceptors (Lipinski definition) is 5. The number of carbonyl (C=O) groups excluding carboxylic acids is 4. The predicted octanol–water partition coefficient (Wildman–Crippen LogP) is 3.63. The maximum absolute atomic E-state index is 13.3. The van der Waals surface area contributed by atoms with Gasteiger partial charge >= 0.3 is 6.18 Å². The number of nitrogens with one attached hydrogen (secondary N) is 2. The van der Waals surface area contributed by atoms with Gasteiger partial charge in [-0.2, -0.15) is 13.2 Å². The SMILES string of the molecule is C[C@H](NC(=O)c1ccc2c(c1)C1C(=O)NC(=O)C1C(=O)N2c1ccc(C(F)(F)F)cc1)c1ccccn1. The summed E-state index contributed by atoms with van der Waals surface area (Å²) < 4.78 is 39.2. The summed E-state index contributed by atoms with van der Waals surface area (Å²) in [5.74, 6) is -5.28. The van der Waals surface area contributed by atoms with Gasteiger partial charge in [-0.05, 0) is 67.1 Å². The van der Waals surface area contributed by atoms with E-state index in [9.17, 15) is 32.3 Å². The Hall–Kier alpha value is -4.54. The van der Waals surface area contributed by atoms with Gasteiger partial charge in [0, 0.05) is 17.4 Å². The van der Waals surface area contributed by atoms with Crippen LogP contribution in [-0.2, 0) is 20.6 Å². The monoisotopic (exact) mass is 508 g/mol. The van der Waals surface area contributed by atoms with Gasteiger partial charge in [0.05, 0.1) is 28.9 Å². The summed E-state index contributed by atoms with van der Waals surface area (Å²) in [7, 11) is 0. The lowest BCUT2D eigenvalue weighted by atomic mass is 9.81. The highest BCUT2D eigenvalue weighted by Gasteiger charge is 2.53. The first-order valence-corrected chi connectivity index (χ1v) is 11.3. The molecule has 2 unspecified atom stereocenters. The summed E-state index contributed by atoms with van der Waals surface area (Å²) in [6.45, 7) is 1.75. The van der Waals surface area contributed by atoms with Crippen LogP contribution < -0.4 is 15.5 Å². The second kappa shape index (κ2) is 8.84. The second-order valence-electron chi connectivity index (χ2n) is 8.75. The Kier molecular flexibility index (Phi) is 5.77. The third-order valence-corrected chi connectivity index (χ3v) is 6.43. The smallest absolute Gasteiger partial charge is 0.344 e. The van der Waals surface area contributed by atoms with E-state index in [1.54, 1.807) is 31.3 Å². The van der Waals surface area contributed by atoms with Crippen LogP contribution in [-0.4, -0.2) is 28.6 Å². The van der Waals surface area contributed by atoms with E-state index >= 15 is 0 Å². The summed E-state index contributed by atoms with van der Waals surface area (Å²) in [6.07, 6.45) is -2.97. The Morgan fingerprint density at radius 3 is 2.35 bits per heavy atom. The molecule has 0 spiro atoms. The molecule has 2 N–H and O–H groups in total. The van der Waals surface area contributed by atoms with Gasteiger partial charge in [-0.3, -0.25) is 34.4 Å². The minimum atomic E-state index is -4.57. The molecule has 3 aromatic rings. The number of aromatic nitrogens is 1. The Balaban J connectivity index is 1.54. The van der Waals surface area contributed by atoms with Crippen LogP contribution in [0, 0.1) is 5.92 Å². The van der Waals surface area contributed by atoms with E-state index in [2.05, 4.69) is 15.6 Å². The Morgan fingerprint density at radius 1 is 1.00 bits per heavy atom. The Labute approximate surface area is 208 Å². The number of carbonyl (C=O) groups is 4. The number of benzene rings is 2. The van der Waals surface area contributed by atoms with E-state index in [4.69, 9.17) is 0 Å². The van der Waals surface area contributed by atoms with E-state index in [-0.39, 0.29) is 22.5 Å². The average Bonchev–Trinajstić information content (AvgIpc) is 3.18. The van der Waals surface area contributed by atoms with E-state index in [1.165, 1.54) is 18.2 Å². The Morgan fingerprint density at radius 2 is 1.70 bits per heavy atom. The maximum Gasteiger partial charge on any atom is 0.416 e. The number of rotatable bonds is 4. The van der Waals surface area contributed by atoms with Crippen LogP contribution in [0.4, 0.5) is 24.5 Å². The molecule has 11 heteroatoms. The molecular weight excluding hydrogens is 489 g/mol. The fourth-order valence-electron chi connectivity index (χ4n) is 4.61. The van der Waals surface area contributed by atoms with Crippen LogP contribution in [0.2, 0.25) is 0 Å². The van der Waals surface area contributed by atoms with Gasteiger partial charge in [-0.15, -0.1) is 0 Å². The van der Waals surface area contributed by atoms with Crippen LogP contribution in [0.3, 0.4) is 0 Å². The highest BCUT2D eigenvalue weighted by atomic mass is 19.4. The summed E-state index contributed by atoms with van der Waals surface area (Å²) in [5, 5.41) is 4.97. The van der Waals surface area contributed by atoms with Gasteiger partial charge in [0.2, 0.25) is 17.7 Å². The van der Waals surface area contributed by atoms with Gasteiger partial charge in [0.15, 0.2) is 0 Å². The van der Waals surface area contributed by atoms with Crippen LogP contribution in [0.15, 0.2) is 66.9 Å². The van der Waals surface area contributed by atoms with Gasteiger partial charge < -0.3 is 5.32 Å². The lowest BCUT2D eigenvalue weighted by molar-refractivity contribution is -0.137. The van der Waals surface area contributed by atoms with Gasteiger partial charge in [0.1, 0.15) is 5.92 Å². The molecule has 1 saturated heterocycles. The van der Waals surface area contributed by atoms with Crippen molar-refractivity contribution in [3.63, 3.8) is 0 Å². The zero-order valence-electron chi connectivity index (χ0n) is 19.2. The highest BCUT2D eigenvalue weighted by molar-refractivity contribution is 6.24. The summed E-state index contributed by atoms with van der Waals surface area (Å²) in [5.41, 5.74) is 0.437. The molecule has 1 aromatic heterocycles. The number of nitrogens with zero attached hydrogens (tertiary/aromatic N) is 2. The van der Waals surface area contributed by atoms with Gasteiger partial charge in [0.25, 0.3) is 5.91 Å². The molecule has 4 amide bonds. The minimum Gasteiger partial charge on any atom is -0.344 e. The van der Waals surface area contributed by atoms with E-state index in [0.29, 0.717) is 5.69 Å². The molecule has 2 aliphatic heterocycles. The minimum absolute atomic E-state index is 0.0887. The summed E-state index contributed by atoms with van der Waals surface area (Å²) >= 11 is 0. The van der Waals surface area contributed by atoms with Crippen LogP contribution >= 0.6 is 0 Å². The van der Waals surface area contributed by atoms with Crippen molar-refractivity contribution in [2.75, 3.05) is 4.90 Å². The van der Waals surface area contributed by atoms with Crippen molar-refractivity contribution >= 4 is 35.0 Å². The molecule has 3 heterocycles. The van der Waals surface area contributed by atoms with Crippen molar-refractivity contribution < 1.29 is 32.3 Å². The van der Waals surface area contributed by atoms with Crippen molar-refractivity contribution in [1.82, 2.24) is 15.6 Å². The lowest BCUT2D eigenvalue weighted by Crippen LogP contribution is -2.42. The molecule has 188 valence electrons. The molecule has 37 heavy (non-hydrogen) atoms. The molecule has 8 nitrogen and oxygen atoms in total. The quantitative estimate of drug-likeness (QED) is 0.414. The van der Waals surface area contributed by atoms with E-state index in [0.717, 1.165) is 29.2 Å². The number of fused-ring (bicyclic) bond motifs is 3.